The molecule has 1 saturated heterocycles. The van der Waals surface area contributed by atoms with Crippen LogP contribution in [0.1, 0.15) is 38.8 Å². The SMILES string of the molecule is Brc1ccc2c(c1)n1c3ccccc3nc1n2-c1ccccc1.CC1(C)OB(c2ccc3c(c2)-c2ccccc2C3)OC1(C)C.c1ccc(-n2c3ccc(-c4ccc5[nH]c6ccccc6c5c4)cc3n3c4ccccc4nc23)cc1. The number of hydrogen-bond acceptors (Lipinski definition) is 4. The predicted molar refractivity (Wildman–Crippen MR) is 332 cm³/mol. The second-order valence-electron chi connectivity index (χ2n) is 21.9. The first-order valence-corrected chi connectivity index (χ1v) is 28.0. The third-order valence-electron chi connectivity index (χ3n) is 16.6. The van der Waals surface area contributed by atoms with Gasteiger partial charge in [0.05, 0.1) is 55.3 Å². The molecule has 0 unspecified atom stereocenters. The monoisotopic (exact) mass is 1100 g/mol. The van der Waals surface area contributed by atoms with Gasteiger partial charge in [-0.1, -0.05) is 149 Å². The van der Waals surface area contributed by atoms with E-state index >= 15 is 0 Å². The number of fused-ring (bicyclic) bond motifs is 16. The van der Waals surface area contributed by atoms with Gasteiger partial charge < -0.3 is 14.3 Å². The molecule has 80 heavy (non-hydrogen) atoms. The highest BCUT2D eigenvalue weighted by molar-refractivity contribution is 9.10. The molecule has 1 aliphatic carbocycles. The average Bonchev–Trinajstić information content (AvgIpc) is 4.52. The van der Waals surface area contributed by atoms with Gasteiger partial charge in [0.25, 0.3) is 0 Å². The third-order valence-corrected chi connectivity index (χ3v) is 17.1. The van der Waals surface area contributed by atoms with Crippen molar-refractivity contribution in [1.82, 2.24) is 32.9 Å². The van der Waals surface area contributed by atoms with Gasteiger partial charge in [0.15, 0.2) is 0 Å². The molecule has 386 valence electrons. The zero-order valence-corrected chi connectivity index (χ0v) is 46.2. The summed E-state index contributed by atoms with van der Waals surface area (Å²) in [6, 6.07) is 81.0. The fraction of sp³-hybridized carbons (Fsp3) is 0.101. The molecular formula is C69H53BBrN7O2. The van der Waals surface area contributed by atoms with Crippen molar-refractivity contribution in [3.8, 4) is 33.6 Å². The highest BCUT2D eigenvalue weighted by Gasteiger charge is 2.52. The number of aromatic amines is 1. The quantitative estimate of drug-likeness (QED) is 0.178. The molecule has 0 radical (unpaired) electrons. The molecule has 9 nitrogen and oxygen atoms in total. The van der Waals surface area contributed by atoms with Crippen LogP contribution in [0.15, 0.2) is 235 Å². The largest absolute Gasteiger partial charge is 0.494 e. The Hall–Kier alpha value is -9.00. The maximum Gasteiger partial charge on any atom is 0.494 e. The molecule has 0 bridgehead atoms. The first-order chi connectivity index (χ1) is 39.0. The molecule has 1 fully saturated rings. The summed E-state index contributed by atoms with van der Waals surface area (Å²) in [6.07, 6.45) is 1.02. The van der Waals surface area contributed by atoms with Crippen molar-refractivity contribution in [2.45, 2.75) is 45.3 Å². The van der Waals surface area contributed by atoms with Crippen LogP contribution >= 0.6 is 15.9 Å². The van der Waals surface area contributed by atoms with Gasteiger partial charge in [-0.05, 0) is 170 Å². The second-order valence-corrected chi connectivity index (χ2v) is 22.8. The lowest BCUT2D eigenvalue weighted by molar-refractivity contribution is 0.00578. The fourth-order valence-electron chi connectivity index (χ4n) is 11.9. The van der Waals surface area contributed by atoms with Gasteiger partial charge in [0.2, 0.25) is 11.6 Å². The van der Waals surface area contributed by atoms with E-state index in [9.17, 15) is 0 Å². The normalized spacial score (nSPS) is 14.3. The van der Waals surface area contributed by atoms with Gasteiger partial charge in [0, 0.05) is 37.7 Å². The molecule has 10 aromatic carbocycles. The lowest BCUT2D eigenvalue weighted by Gasteiger charge is -2.32. The van der Waals surface area contributed by atoms with Gasteiger partial charge in [-0.2, -0.15) is 0 Å². The van der Waals surface area contributed by atoms with Crippen molar-refractivity contribution in [3.63, 3.8) is 0 Å². The maximum atomic E-state index is 6.18. The smallest absolute Gasteiger partial charge is 0.399 e. The van der Waals surface area contributed by atoms with Crippen LogP contribution in [-0.2, 0) is 15.7 Å². The summed E-state index contributed by atoms with van der Waals surface area (Å²) in [5, 5.41) is 2.50. The topological polar surface area (TPSA) is 78.7 Å². The molecule has 1 N–H and O–H groups in total. The molecule has 0 saturated carbocycles. The Morgan fingerprint density at radius 1 is 0.438 bits per heavy atom. The summed E-state index contributed by atoms with van der Waals surface area (Å²) in [7, 11) is -0.289. The standard InChI is InChI=1S/C31H20N4.C19H21BO2.C19H12BrN3/c1-2-8-22(9-3-1)34-29-17-15-21(19-30(29)35-28-13-7-6-12-27(28)33-31(34)35)20-14-16-26-24(18-20)23-10-4-5-11-25(23)32-26;1-18(2)19(3,4)22-20(21-18)15-10-9-14-11-13-7-5-6-8-16(13)17(14)12-15;20-13-10-11-17-18(12-13)23-16-9-5-4-8-15(16)21-19(23)22(17)14-6-2-1-3-7-14/h1-19,32H;5-10,12H,11H2,1-4H3;1-12H. The van der Waals surface area contributed by atoms with Crippen molar-refractivity contribution in [3.05, 3.63) is 246 Å². The van der Waals surface area contributed by atoms with E-state index in [1.165, 1.54) is 49.7 Å². The Bertz CT molecular complexity index is 4900. The Morgan fingerprint density at radius 2 is 0.963 bits per heavy atom. The van der Waals surface area contributed by atoms with Crippen molar-refractivity contribution < 1.29 is 9.31 Å². The number of para-hydroxylation sites is 7. The maximum absolute atomic E-state index is 6.18. The lowest BCUT2D eigenvalue weighted by Crippen LogP contribution is -2.41. The number of halogens is 1. The summed E-state index contributed by atoms with van der Waals surface area (Å²) >= 11 is 3.59. The average molecular weight is 1100 g/mol. The van der Waals surface area contributed by atoms with Gasteiger partial charge in [-0.25, -0.2) is 9.97 Å². The number of imidazole rings is 4. The van der Waals surface area contributed by atoms with E-state index < -0.39 is 0 Å². The van der Waals surface area contributed by atoms with Crippen LogP contribution in [0.3, 0.4) is 0 Å². The van der Waals surface area contributed by atoms with E-state index in [0.717, 1.165) is 88.9 Å². The van der Waals surface area contributed by atoms with E-state index in [4.69, 9.17) is 19.3 Å². The molecular weight excluding hydrogens is 1050 g/mol. The molecule has 0 amide bonds. The van der Waals surface area contributed by atoms with Crippen molar-refractivity contribution in [2.24, 2.45) is 0 Å². The van der Waals surface area contributed by atoms with Crippen molar-refractivity contribution in [1.29, 1.82) is 0 Å². The van der Waals surface area contributed by atoms with E-state index in [-0.39, 0.29) is 18.3 Å². The van der Waals surface area contributed by atoms with Crippen LogP contribution in [0.25, 0.3) is 111 Å². The fourth-order valence-corrected chi connectivity index (χ4v) is 12.3. The predicted octanol–water partition coefficient (Wildman–Crippen LogP) is 16.5. The number of nitrogens with one attached hydrogen (secondary N) is 1. The molecule has 17 rings (SSSR count). The summed E-state index contributed by atoms with van der Waals surface area (Å²) in [4.78, 5) is 13.4. The number of nitrogens with zero attached hydrogens (tertiary/aromatic N) is 6. The summed E-state index contributed by atoms with van der Waals surface area (Å²) in [6.45, 7) is 8.37. The molecule has 5 aromatic heterocycles. The number of rotatable bonds is 4. The number of aromatic nitrogens is 7. The zero-order valence-electron chi connectivity index (χ0n) is 44.6. The first-order valence-electron chi connectivity index (χ1n) is 27.2. The van der Waals surface area contributed by atoms with Gasteiger partial charge in [0.1, 0.15) is 0 Å². The van der Waals surface area contributed by atoms with Crippen LogP contribution in [0.5, 0.6) is 0 Å². The van der Waals surface area contributed by atoms with Crippen LogP contribution < -0.4 is 5.46 Å². The molecule has 6 heterocycles. The van der Waals surface area contributed by atoms with E-state index in [2.05, 4.69) is 273 Å². The third kappa shape index (κ3) is 7.82. The van der Waals surface area contributed by atoms with Gasteiger partial charge in [-0.3, -0.25) is 17.9 Å². The Kier molecular flexibility index (Phi) is 11.2. The Balaban J connectivity index is 0.000000108. The van der Waals surface area contributed by atoms with E-state index in [1.54, 1.807) is 0 Å². The molecule has 15 aromatic rings. The minimum Gasteiger partial charge on any atom is -0.399 e. The Labute approximate surface area is 470 Å². The van der Waals surface area contributed by atoms with Crippen LogP contribution in [-0.4, -0.2) is 51.2 Å². The van der Waals surface area contributed by atoms with Crippen molar-refractivity contribution >= 4 is 106 Å². The molecule has 0 spiro atoms. The highest BCUT2D eigenvalue weighted by atomic mass is 79.9. The first kappa shape index (κ1) is 48.2. The molecule has 1 aliphatic heterocycles. The highest BCUT2D eigenvalue weighted by Crippen LogP contribution is 2.40. The van der Waals surface area contributed by atoms with Crippen molar-refractivity contribution in [2.75, 3.05) is 0 Å². The van der Waals surface area contributed by atoms with Crippen LogP contribution in [0.4, 0.5) is 0 Å². The van der Waals surface area contributed by atoms with E-state index in [0.29, 0.717) is 0 Å². The zero-order chi connectivity index (χ0) is 53.9. The molecule has 2 aliphatic rings. The summed E-state index contributed by atoms with van der Waals surface area (Å²) < 4.78 is 22.4. The molecule has 11 heteroatoms. The number of benzene rings is 10. The number of H-pyrrole nitrogens is 1. The number of hydrogen-bond donors (Lipinski definition) is 1. The van der Waals surface area contributed by atoms with Gasteiger partial charge >= 0.3 is 7.12 Å². The van der Waals surface area contributed by atoms with E-state index in [1.807, 2.05) is 24.3 Å². The van der Waals surface area contributed by atoms with Gasteiger partial charge in [-0.15, -0.1) is 0 Å². The minimum absolute atomic E-state index is 0.289. The Morgan fingerprint density at radius 3 is 1.64 bits per heavy atom. The van der Waals surface area contributed by atoms with Crippen LogP contribution in [0.2, 0.25) is 0 Å². The lowest BCUT2D eigenvalue weighted by atomic mass is 9.77. The molecule has 0 atom stereocenters. The van der Waals surface area contributed by atoms with Crippen LogP contribution in [0, 0.1) is 0 Å². The second kappa shape index (κ2) is 18.6. The summed E-state index contributed by atoms with van der Waals surface area (Å²) in [5.41, 5.74) is 21.7. The summed E-state index contributed by atoms with van der Waals surface area (Å²) in [5.74, 6) is 1.86. The minimum atomic E-state index is -0.297.